The maximum absolute atomic E-state index is 13.6. The Balaban J connectivity index is 2.27. The lowest BCUT2D eigenvalue weighted by atomic mass is 10.1. The van der Waals surface area contributed by atoms with Crippen LogP contribution >= 0.6 is 0 Å². The Bertz CT molecular complexity index is 619. The van der Waals surface area contributed by atoms with Crippen LogP contribution in [0.2, 0.25) is 0 Å². The first-order valence-corrected chi connectivity index (χ1v) is 6.79. The van der Waals surface area contributed by atoms with Gasteiger partial charge in [-0.05, 0) is 44.9 Å². The van der Waals surface area contributed by atoms with Gasteiger partial charge in [0, 0.05) is 6.54 Å². The Morgan fingerprint density at radius 3 is 2.70 bits per heavy atom. The molecule has 0 radical (unpaired) electrons. The Morgan fingerprint density at radius 2 is 2.10 bits per heavy atom. The predicted octanol–water partition coefficient (Wildman–Crippen LogP) is 3.41. The molecule has 2 aromatic rings. The summed E-state index contributed by atoms with van der Waals surface area (Å²) < 4.78 is 15.5. The number of aryl methyl sites for hydroxylation is 3. The number of anilines is 2. The van der Waals surface area contributed by atoms with E-state index >= 15 is 0 Å². The van der Waals surface area contributed by atoms with Gasteiger partial charge in [-0.25, -0.2) is 9.07 Å². The monoisotopic (exact) mass is 276 g/mol. The van der Waals surface area contributed by atoms with Crippen LogP contribution in [0.1, 0.15) is 36.7 Å². The fourth-order valence-electron chi connectivity index (χ4n) is 2.14. The maximum Gasteiger partial charge on any atom is 0.148 e. The molecule has 4 nitrogen and oxygen atoms in total. The molecule has 0 spiro atoms. The first kappa shape index (κ1) is 14.4. The number of hydrogen-bond acceptors (Lipinski definition) is 3. The van der Waals surface area contributed by atoms with Crippen molar-refractivity contribution in [3.8, 4) is 0 Å². The van der Waals surface area contributed by atoms with Crippen molar-refractivity contribution in [3.63, 3.8) is 0 Å². The normalized spacial score (nSPS) is 12.4. The van der Waals surface area contributed by atoms with E-state index in [1.54, 1.807) is 19.1 Å². The van der Waals surface area contributed by atoms with Crippen molar-refractivity contribution in [3.05, 3.63) is 40.8 Å². The lowest BCUT2D eigenvalue weighted by Gasteiger charge is -2.17. The van der Waals surface area contributed by atoms with Gasteiger partial charge >= 0.3 is 0 Å². The van der Waals surface area contributed by atoms with Crippen LogP contribution < -0.4 is 11.1 Å². The van der Waals surface area contributed by atoms with Crippen LogP contribution in [0, 0.1) is 19.7 Å². The summed E-state index contributed by atoms with van der Waals surface area (Å²) in [6, 6.07) is 5.22. The van der Waals surface area contributed by atoms with Gasteiger partial charge in [-0.1, -0.05) is 12.1 Å². The summed E-state index contributed by atoms with van der Waals surface area (Å²) in [7, 11) is 0. The molecular formula is C15H21FN4. The second-order valence-electron chi connectivity index (χ2n) is 5.04. The van der Waals surface area contributed by atoms with Crippen molar-refractivity contribution >= 4 is 11.5 Å². The topological polar surface area (TPSA) is 55.9 Å². The molecule has 108 valence electrons. The number of benzene rings is 1. The third-order valence-corrected chi connectivity index (χ3v) is 3.52. The molecule has 2 rings (SSSR count). The van der Waals surface area contributed by atoms with Crippen LogP contribution in [0.25, 0.3) is 0 Å². The Morgan fingerprint density at radius 1 is 1.40 bits per heavy atom. The molecule has 0 aliphatic heterocycles. The smallest absolute Gasteiger partial charge is 0.148 e. The van der Waals surface area contributed by atoms with Crippen molar-refractivity contribution in [2.45, 2.75) is 40.3 Å². The number of nitrogens with one attached hydrogen (secondary N) is 1. The van der Waals surface area contributed by atoms with Gasteiger partial charge in [0.2, 0.25) is 0 Å². The minimum atomic E-state index is -0.190. The number of nitrogens with two attached hydrogens (primary N) is 1. The van der Waals surface area contributed by atoms with E-state index in [1.165, 1.54) is 0 Å². The zero-order valence-corrected chi connectivity index (χ0v) is 12.4. The molecule has 0 saturated carbocycles. The van der Waals surface area contributed by atoms with Gasteiger partial charge in [0.05, 0.1) is 17.4 Å². The fraction of sp³-hybridized carbons (Fsp3) is 0.400. The van der Waals surface area contributed by atoms with Crippen LogP contribution in [0.15, 0.2) is 18.2 Å². The summed E-state index contributed by atoms with van der Waals surface area (Å²) in [6.45, 7) is 8.35. The van der Waals surface area contributed by atoms with Crippen molar-refractivity contribution in [2.24, 2.45) is 0 Å². The fourth-order valence-corrected chi connectivity index (χ4v) is 2.14. The molecule has 3 N–H and O–H groups in total. The van der Waals surface area contributed by atoms with Crippen LogP contribution in [-0.4, -0.2) is 9.78 Å². The standard InChI is InChI=1S/C15H21FN4/c1-5-20-15(14(17)11(4)19-20)18-10(3)12-7-6-9(2)13(16)8-12/h6-8,10,18H,5,17H2,1-4H3. The lowest BCUT2D eigenvalue weighted by Crippen LogP contribution is -2.12. The van der Waals surface area contributed by atoms with Gasteiger partial charge in [-0.3, -0.25) is 0 Å². The molecular weight excluding hydrogens is 255 g/mol. The molecule has 1 heterocycles. The molecule has 0 aliphatic carbocycles. The zero-order chi connectivity index (χ0) is 14.9. The molecule has 1 aromatic carbocycles. The van der Waals surface area contributed by atoms with Crippen molar-refractivity contribution < 1.29 is 4.39 Å². The number of nitrogens with zero attached hydrogens (tertiary/aromatic N) is 2. The summed E-state index contributed by atoms with van der Waals surface area (Å²) in [5, 5.41) is 7.68. The molecule has 0 saturated heterocycles. The van der Waals surface area contributed by atoms with E-state index in [0.717, 1.165) is 23.6 Å². The largest absolute Gasteiger partial charge is 0.394 e. The average molecular weight is 276 g/mol. The van der Waals surface area contributed by atoms with E-state index in [1.807, 2.05) is 31.5 Å². The Hall–Kier alpha value is -2.04. The van der Waals surface area contributed by atoms with E-state index < -0.39 is 0 Å². The minimum absolute atomic E-state index is 0.0474. The number of halogens is 1. The van der Waals surface area contributed by atoms with Gasteiger partial charge in [-0.2, -0.15) is 5.10 Å². The molecule has 0 aliphatic rings. The van der Waals surface area contributed by atoms with Crippen LogP contribution in [0.5, 0.6) is 0 Å². The summed E-state index contributed by atoms with van der Waals surface area (Å²) in [5.74, 6) is 0.600. The SMILES string of the molecule is CCn1nc(C)c(N)c1NC(C)c1ccc(C)c(F)c1. The summed E-state index contributed by atoms with van der Waals surface area (Å²) >= 11 is 0. The minimum Gasteiger partial charge on any atom is -0.394 e. The molecule has 1 atom stereocenters. The van der Waals surface area contributed by atoms with Crippen molar-refractivity contribution in [1.82, 2.24) is 9.78 Å². The number of nitrogen functional groups attached to an aromatic ring is 1. The molecule has 20 heavy (non-hydrogen) atoms. The third-order valence-electron chi connectivity index (χ3n) is 3.52. The average Bonchev–Trinajstić information content (AvgIpc) is 2.69. The van der Waals surface area contributed by atoms with E-state index in [4.69, 9.17) is 5.73 Å². The van der Waals surface area contributed by atoms with Crippen LogP contribution in [0.4, 0.5) is 15.9 Å². The number of aromatic nitrogens is 2. The predicted molar refractivity (Wildman–Crippen MR) is 80.2 cm³/mol. The summed E-state index contributed by atoms with van der Waals surface area (Å²) in [6.07, 6.45) is 0. The van der Waals surface area contributed by atoms with Crippen LogP contribution in [-0.2, 0) is 6.54 Å². The van der Waals surface area contributed by atoms with Crippen LogP contribution in [0.3, 0.4) is 0 Å². The maximum atomic E-state index is 13.6. The third kappa shape index (κ3) is 2.61. The highest BCUT2D eigenvalue weighted by Gasteiger charge is 2.15. The second kappa shape index (κ2) is 5.53. The van der Waals surface area contributed by atoms with E-state index in [0.29, 0.717) is 11.3 Å². The Kier molecular flexibility index (Phi) is 3.97. The van der Waals surface area contributed by atoms with E-state index in [-0.39, 0.29) is 11.9 Å². The number of hydrogen-bond donors (Lipinski definition) is 2. The molecule has 0 fully saturated rings. The van der Waals surface area contributed by atoms with Gasteiger partial charge in [-0.15, -0.1) is 0 Å². The lowest BCUT2D eigenvalue weighted by molar-refractivity contribution is 0.613. The first-order chi connectivity index (χ1) is 9.43. The summed E-state index contributed by atoms with van der Waals surface area (Å²) in [4.78, 5) is 0. The highest BCUT2D eigenvalue weighted by Crippen LogP contribution is 2.27. The number of rotatable bonds is 4. The second-order valence-corrected chi connectivity index (χ2v) is 5.04. The molecule has 0 bridgehead atoms. The van der Waals surface area contributed by atoms with E-state index in [2.05, 4.69) is 10.4 Å². The molecule has 1 aromatic heterocycles. The first-order valence-electron chi connectivity index (χ1n) is 6.79. The van der Waals surface area contributed by atoms with Gasteiger partial charge in [0.25, 0.3) is 0 Å². The van der Waals surface area contributed by atoms with Gasteiger partial charge in [0.1, 0.15) is 11.6 Å². The Labute approximate surface area is 118 Å². The highest BCUT2D eigenvalue weighted by molar-refractivity contribution is 5.65. The van der Waals surface area contributed by atoms with E-state index in [9.17, 15) is 4.39 Å². The molecule has 5 heteroatoms. The highest BCUT2D eigenvalue weighted by atomic mass is 19.1. The van der Waals surface area contributed by atoms with Gasteiger partial charge in [0.15, 0.2) is 0 Å². The molecule has 0 amide bonds. The van der Waals surface area contributed by atoms with Crippen molar-refractivity contribution in [1.29, 1.82) is 0 Å². The van der Waals surface area contributed by atoms with Crippen molar-refractivity contribution in [2.75, 3.05) is 11.1 Å². The van der Waals surface area contributed by atoms with Gasteiger partial charge < -0.3 is 11.1 Å². The quantitative estimate of drug-likeness (QED) is 0.899. The molecule has 1 unspecified atom stereocenters. The summed E-state index contributed by atoms with van der Waals surface area (Å²) in [5.41, 5.74) is 9.02. The zero-order valence-electron chi connectivity index (χ0n) is 12.4.